The third kappa shape index (κ3) is 4.99. The van der Waals surface area contributed by atoms with Gasteiger partial charge in [-0.2, -0.15) is 0 Å². The van der Waals surface area contributed by atoms with Gasteiger partial charge in [0.15, 0.2) is 0 Å². The highest BCUT2D eigenvalue weighted by molar-refractivity contribution is 4.83. The fourth-order valence-corrected chi connectivity index (χ4v) is 3.42. The van der Waals surface area contributed by atoms with Gasteiger partial charge in [0, 0.05) is 51.3 Å². The summed E-state index contributed by atoms with van der Waals surface area (Å²) in [7, 11) is 0. The van der Waals surface area contributed by atoms with Crippen LogP contribution in [0.2, 0.25) is 0 Å². The Balaban J connectivity index is 1.73. The number of hydrogen-bond donors (Lipinski definition) is 1. The molecule has 0 aliphatic carbocycles. The highest BCUT2D eigenvalue weighted by atomic mass is 16.5. The molecule has 0 aromatic carbocycles. The Morgan fingerprint density at radius 3 is 2.50 bits per heavy atom. The lowest BCUT2D eigenvalue weighted by molar-refractivity contribution is 0.00888. The van der Waals surface area contributed by atoms with Crippen LogP contribution in [0, 0.1) is 5.92 Å². The average molecular weight is 283 g/mol. The summed E-state index contributed by atoms with van der Waals surface area (Å²) in [6.07, 6.45) is 3.68. The van der Waals surface area contributed by atoms with Gasteiger partial charge in [0.25, 0.3) is 0 Å². The Hall–Kier alpha value is -0.160. The molecule has 0 spiro atoms. The van der Waals surface area contributed by atoms with Crippen LogP contribution < -0.4 is 5.32 Å². The van der Waals surface area contributed by atoms with Crippen LogP contribution in [-0.2, 0) is 4.74 Å². The second kappa shape index (κ2) is 8.98. The lowest BCUT2D eigenvalue weighted by Gasteiger charge is -2.39. The number of nitrogens with one attached hydrogen (secondary N) is 1. The molecule has 0 aromatic rings. The van der Waals surface area contributed by atoms with E-state index >= 15 is 0 Å². The number of hydrogen-bond acceptors (Lipinski definition) is 4. The summed E-state index contributed by atoms with van der Waals surface area (Å²) in [6, 6.07) is 0.664. The van der Waals surface area contributed by atoms with Gasteiger partial charge in [-0.05, 0) is 32.4 Å². The summed E-state index contributed by atoms with van der Waals surface area (Å²) < 4.78 is 5.72. The maximum atomic E-state index is 5.72. The molecule has 4 heteroatoms. The van der Waals surface area contributed by atoms with Crippen LogP contribution in [0.15, 0.2) is 0 Å². The van der Waals surface area contributed by atoms with Gasteiger partial charge in [0.05, 0.1) is 6.61 Å². The van der Waals surface area contributed by atoms with Crippen LogP contribution >= 0.6 is 0 Å². The van der Waals surface area contributed by atoms with Gasteiger partial charge in [0.2, 0.25) is 0 Å². The van der Waals surface area contributed by atoms with E-state index in [4.69, 9.17) is 4.74 Å². The van der Waals surface area contributed by atoms with E-state index in [0.29, 0.717) is 12.0 Å². The van der Waals surface area contributed by atoms with Gasteiger partial charge in [-0.1, -0.05) is 13.8 Å². The Morgan fingerprint density at radius 1 is 1.05 bits per heavy atom. The Labute approximate surface area is 124 Å². The average Bonchev–Trinajstić information content (AvgIpc) is 2.49. The van der Waals surface area contributed by atoms with E-state index < -0.39 is 0 Å². The van der Waals surface area contributed by atoms with Crippen molar-refractivity contribution in [2.45, 2.75) is 39.2 Å². The van der Waals surface area contributed by atoms with Gasteiger partial charge in [0.1, 0.15) is 0 Å². The molecule has 20 heavy (non-hydrogen) atoms. The summed E-state index contributed by atoms with van der Waals surface area (Å²) in [5, 5.41) is 3.72. The van der Waals surface area contributed by atoms with Crippen molar-refractivity contribution < 1.29 is 4.74 Å². The fourth-order valence-electron chi connectivity index (χ4n) is 3.42. The molecule has 2 heterocycles. The van der Waals surface area contributed by atoms with E-state index in [1.165, 1.54) is 58.5 Å². The van der Waals surface area contributed by atoms with Crippen LogP contribution in [0.1, 0.15) is 33.1 Å². The summed E-state index contributed by atoms with van der Waals surface area (Å²) in [4.78, 5) is 5.24. The topological polar surface area (TPSA) is 27.7 Å². The van der Waals surface area contributed by atoms with E-state index in [1.54, 1.807) is 0 Å². The highest BCUT2D eigenvalue weighted by Gasteiger charge is 2.28. The van der Waals surface area contributed by atoms with Gasteiger partial charge in [-0.25, -0.2) is 0 Å². The van der Waals surface area contributed by atoms with Crippen molar-refractivity contribution >= 4 is 0 Å². The molecular formula is C16H33N3O. The lowest BCUT2D eigenvalue weighted by atomic mass is 9.94. The van der Waals surface area contributed by atoms with Crippen molar-refractivity contribution in [1.29, 1.82) is 0 Å². The Morgan fingerprint density at radius 2 is 1.80 bits per heavy atom. The quantitative estimate of drug-likeness (QED) is 0.765. The predicted molar refractivity (Wildman–Crippen MR) is 84.2 cm³/mol. The summed E-state index contributed by atoms with van der Waals surface area (Å²) in [5.74, 6) is 0.674. The van der Waals surface area contributed by atoms with Crippen molar-refractivity contribution in [3.63, 3.8) is 0 Å². The van der Waals surface area contributed by atoms with Gasteiger partial charge >= 0.3 is 0 Å². The minimum Gasteiger partial charge on any atom is -0.381 e. The third-order valence-corrected chi connectivity index (χ3v) is 4.63. The van der Waals surface area contributed by atoms with E-state index in [9.17, 15) is 0 Å². The van der Waals surface area contributed by atoms with Crippen molar-refractivity contribution in [2.24, 2.45) is 5.92 Å². The molecule has 2 saturated heterocycles. The molecular weight excluding hydrogens is 250 g/mol. The first-order valence-electron chi connectivity index (χ1n) is 8.59. The van der Waals surface area contributed by atoms with Crippen molar-refractivity contribution in [3.05, 3.63) is 0 Å². The normalized spacial score (nSPS) is 29.7. The second-order valence-corrected chi connectivity index (χ2v) is 6.33. The molecule has 1 N–H and O–H groups in total. The molecule has 2 rings (SSSR count). The molecule has 118 valence electrons. The van der Waals surface area contributed by atoms with Crippen LogP contribution in [0.4, 0.5) is 0 Å². The first-order chi connectivity index (χ1) is 9.83. The smallest absolute Gasteiger partial charge is 0.0521 e. The molecule has 0 aromatic heterocycles. The zero-order chi connectivity index (χ0) is 14.2. The zero-order valence-electron chi connectivity index (χ0n) is 13.4. The predicted octanol–water partition coefficient (Wildman–Crippen LogP) is 1.42. The van der Waals surface area contributed by atoms with Crippen molar-refractivity contribution in [1.82, 2.24) is 15.1 Å². The van der Waals surface area contributed by atoms with Crippen molar-refractivity contribution in [3.8, 4) is 0 Å². The molecule has 2 aliphatic heterocycles. The first-order valence-corrected chi connectivity index (χ1v) is 8.59. The molecule has 0 radical (unpaired) electrons. The standard InChI is InChI=1S/C16H33N3O/c1-3-6-17-16-5-12-20-14-15(16)13-19-10-8-18(7-4-2)9-11-19/h15-17H,3-14H2,1-2H3. The van der Waals surface area contributed by atoms with E-state index in [1.807, 2.05) is 0 Å². The molecule has 2 unspecified atom stereocenters. The number of piperazine rings is 1. The lowest BCUT2D eigenvalue weighted by Crippen LogP contribution is -2.52. The van der Waals surface area contributed by atoms with E-state index in [0.717, 1.165) is 19.8 Å². The number of nitrogens with zero attached hydrogens (tertiary/aromatic N) is 2. The van der Waals surface area contributed by atoms with Crippen LogP contribution in [0.3, 0.4) is 0 Å². The number of ether oxygens (including phenoxy) is 1. The maximum Gasteiger partial charge on any atom is 0.0521 e. The monoisotopic (exact) mass is 283 g/mol. The third-order valence-electron chi connectivity index (χ3n) is 4.63. The summed E-state index contributed by atoms with van der Waals surface area (Å²) in [5.41, 5.74) is 0. The van der Waals surface area contributed by atoms with E-state index in [-0.39, 0.29) is 0 Å². The van der Waals surface area contributed by atoms with Gasteiger partial charge in [-0.15, -0.1) is 0 Å². The largest absolute Gasteiger partial charge is 0.381 e. The summed E-state index contributed by atoms with van der Waals surface area (Å²) >= 11 is 0. The minimum atomic E-state index is 0.664. The number of rotatable bonds is 7. The van der Waals surface area contributed by atoms with Crippen LogP contribution in [0.5, 0.6) is 0 Å². The maximum absolute atomic E-state index is 5.72. The Kier molecular flexibility index (Phi) is 7.28. The molecule has 4 nitrogen and oxygen atoms in total. The SMILES string of the molecule is CCCNC1CCOCC1CN1CCN(CCC)CC1. The highest BCUT2D eigenvalue weighted by Crippen LogP contribution is 2.17. The first kappa shape index (κ1) is 16.2. The molecule has 0 amide bonds. The Bertz CT molecular complexity index is 254. The summed E-state index contributed by atoms with van der Waals surface area (Å²) in [6.45, 7) is 15.0. The van der Waals surface area contributed by atoms with Gasteiger partial charge in [-0.3, -0.25) is 0 Å². The fraction of sp³-hybridized carbons (Fsp3) is 1.00. The molecule has 0 bridgehead atoms. The minimum absolute atomic E-state index is 0.664. The van der Waals surface area contributed by atoms with Crippen LogP contribution in [-0.4, -0.2) is 74.9 Å². The second-order valence-electron chi connectivity index (χ2n) is 6.33. The zero-order valence-corrected chi connectivity index (χ0v) is 13.4. The molecule has 2 atom stereocenters. The molecule has 2 aliphatic rings. The van der Waals surface area contributed by atoms with E-state index in [2.05, 4.69) is 29.0 Å². The van der Waals surface area contributed by atoms with Gasteiger partial charge < -0.3 is 19.9 Å². The molecule has 0 saturated carbocycles. The van der Waals surface area contributed by atoms with Crippen LogP contribution in [0.25, 0.3) is 0 Å². The van der Waals surface area contributed by atoms with Crippen molar-refractivity contribution in [2.75, 3.05) is 59.0 Å². The molecule has 2 fully saturated rings.